The van der Waals surface area contributed by atoms with E-state index in [1.165, 1.54) is 0 Å². The average Bonchev–Trinajstić information content (AvgIpc) is 2.96. The molecule has 312 valence electrons. The minimum Gasteiger partial charge on any atom is -0.481 e. The van der Waals surface area contributed by atoms with Crippen molar-refractivity contribution in [3.8, 4) is 0 Å². The van der Waals surface area contributed by atoms with Crippen molar-refractivity contribution in [1.29, 1.82) is 0 Å². The van der Waals surface area contributed by atoms with E-state index in [2.05, 4.69) is 0 Å². The summed E-state index contributed by atoms with van der Waals surface area (Å²) in [6, 6.07) is -3.96. The Balaban J connectivity index is 10.2. The van der Waals surface area contributed by atoms with Crippen LogP contribution >= 0.6 is 0 Å². The number of carboxylic acids is 13. The van der Waals surface area contributed by atoms with E-state index in [4.69, 9.17) is 0 Å². The van der Waals surface area contributed by atoms with Gasteiger partial charge in [-0.2, -0.15) is 0 Å². The molecule has 0 bridgehead atoms. The lowest BCUT2D eigenvalue weighted by Gasteiger charge is -2.60. The molecule has 28 nitrogen and oxygen atoms in total. The van der Waals surface area contributed by atoms with Crippen LogP contribution in [0.25, 0.3) is 0 Å². The van der Waals surface area contributed by atoms with Crippen LogP contribution in [0, 0.1) is 16.2 Å². The molecule has 0 saturated carbocycles. The van der Waals surface area contributed by atoms with Gasteiger partial charge in [0.2, 0.25) is 0 Å². The van der Waals surface area contributed by atoms with E-state index in [1.807, 2.05) is 0 Å². The highest BCUT2D eigenvalue weighted by atomic mass is 16.4. The molecule has 0 saturated heterocycles. The van der Waals surface area contributed by atoms with Crippen LogP contribution in [-0.4, -0.2) is 192 Å². The molecule has 0 aliphatic heterocycles. The van der Waals surface area contributed by atoms with Crippen molar-refractivity contribution in [3.05, 3.63) is 0 Å². The van der Waals surface area contributed by atoms with E-state index < -0.39 is 175 Å². The van der Waals surface area contributed by atoms with Gasteiger partial charge >= 0.3 is 77.6 Å². The molecule has 1 unspecified atom stereocenters. The zero-order valence-corrected chi connectivity index (χ0v) is 28.2. The molecule has 0 fully saturated rings. The summed E-state index contributed by atoms with van der Waals surface area (Å²) in [5.41, 5.74) is -18.7. The average molecular weight is 815 g/mol. The molecule has 0 heterocycles. The first-order valence-electron chi connectivity index (χ1n) is 14.8. The first-order chi connectivity index (χ1) is 25.4. The molecule has 0 aromatic carbocycles. The van der Waals surface area contributed by atoms with Crippen LogP contribution in [0.4, 0.5) is 0 Å². The highest BCUT2D eigenvalue weighted by molar-refractivity contribution is 6.03. The van der Waals surface area contributed by atoms with Crippen LogP contribution in [0.15, 0.2) is 0 Å². The van der Waals surface area contributed by atoms with Gasteiger partial charge < -0.3 is 66.4 Å². The lowest BCUT2D eigenvalue weighted by atomic mass is 9.49. The number of aliphatic carboxylic acids is 13. The smallest absolute Gasteiger partial charge is 0.326 e. The Morgan fingerprint density at radius 1 is 0.375 bits per heavy atom. The summed E-state index contributed by atoms with van der Waals surface area (Å²) in [6.45, 7) is -6.66. The van der Waals surface area contributed by atoms with Gasteiger partial charge in [0.05, 0.1) is 51.6 Å². The van der Waals surface area contributed by atoms with Crippen molar-refractivity contribution in [2.75, 3.05) is 26.2 Å². The lowest BCUT2D eigenvalue weighted by molar-refractivity contribution is -0.226. The highest BCUT2D eigenvalue weighted by Crippen LogP contribution is 2.59. The molecule has 28 heteroatoms. The number of carbonyl (C=O) groups is 13. The summed E-state index contributed by atoms with van der Waals surface area (Å²) in [4.78, 5) is 164. The van der Waals surface area contributed by atoms with Gasteiger partial charge in [-0.05, 0) is 0 Å². The van der Waals surface area contributed by atoms with E-state index >= 15 is 0 Å². The lowest BCUT2D eigenvalue weighted by Crippen LogP contribution is -2.81. The molecular weight excluding hydrogens is 780 g/mol. The monoisotopic (exact) mass is 814 g/mol. The van der Waals surface area contributed by atoms with E-state index in [0.29, 0.717) is 0 Å². The Bertz CT molecular complexity index is 1560. The summed E-state index contributed by atoms with van der Waals surface area (Å²) in [5, 5.41) is 131. The Morgan fingerprint density at radius 2 is 0.679 bits per heavy atom. The molecule has 0 spiro atoms. The molecule has 0 rings (SSSR count). The minimum atomic E-state index is -5.18. The predicted molar refractivity (Wildman–Crippen MR) is 164 cm³/mol. The summed E-state index contributed by atoms with van der Waals surface area (Å²) in [7, 11) is 0. The second-order valence-corrected chi connectivity index (χ2v) is 12.1. The Morgan fingerprint density at radius 3 is 0.875 bits per heavy atom. The van der Waals surface area contributed by atoms with Gasteiger partial charge in [-0.15, -0.1) is 0 Å². The fourth-order valence-electron chi connectivity index (χ4n) is 6.89. The largest absolute Gasteiger partial charge is 0.481 e. The number of rotatable bonds is 29. The fourth-order valence-corrected chi connectivity index (χ4v) is 6.89. The van der Waals surface area contributed by atoms with Crippen LogP contribution in [0.1, 0.15) is 38.5 Å². The van der Waals surface area contributed by atoms with E-state index in [-0.39, 0.29) is 4.90 Å². The summed E-state index contributed by atoms with van der Waals surface area (Å²) in [6.07, 6.45) is -14.8. The van der Waals surface area contributed by atoms with Crippen molar-refractivity contribution in [2.45, 2.75) is 50.1 Å². The van der Waals surface area contributed by atoms with E-state index in [9.17, 15) is 129 Å². The standard InChI is InChI=1S/C28H34N2O26/c31-11(32)3-25(21(49)50,4-12(33)34)19(20(47)48)30(2-1-29(9-17(43)44)10-18(45)46)28(24(55)56,26(22(51)52,5-13(35)36)6-14(37)38)27(23(53)54,7-15(39)40)8-16(41)42/h19H,1-10H2,(H,31,32)(H,33,34)(H,35,36)(H,37,38)(H,39,40)(H,41,42)(H,43,44)(H,45,46)(H,47,48)(H,49,50)(H,51,52)(H,53,54)(H,55,56). The van der Waals surface area contributed by atoms with Gasteiger partial charge in [-0.3, -0.25) is 72.1 Å². The second kappa shape index (κ2) is 18.9. The topological polar surface area (TPSA) is 491 Å². The van der Waals surface area contributed by atoms with Crippen LogP contribution < -0.4 is 0 Å². The molecule has 0 aliphatic rings. The van der Waals surface area contributed by atoms with Crippen molar-refractivity contribution in [2.24, 2.45) is 16.2 Å². The first kappa shape index (κ1) is 49.0. The van der Waals surface area contributed by atoms with E-state index in [1.54, 1.807) is 0 Å². The molecule has 56 heavy (non-hydrogen) atoms. The Kier molecular flexibility index (Phi) is 16.5. The number of hydrogen-bond donors (Lipinski definition) is 13. The predicted octanol–water partition coefficient (Wildman–Crippen LogP) is -3.90. The molecule has 13 N–H and O–H groups in total. The van der Waals surface area contributed by atoms with Gasteiger partial charge in [-0.1, -0.05) is 0 Å². The summed E-state index contributed by atoms with van der Waals surface area (Å²) in [5.74, 6) is -34.7. The van der Waals surface area contributed by atoms with Gasteiger partial charge in [0.15, 0.2) is 5.54 Å². The number of hydrogen-bond acceptors (Lipinski definition) is 15. The maximum Gasteiger partial charge on any atom is 0.326 e. The third kappa shape index (κ3) is 10.4. The van der Waals surface area contributed by atoms with Crippen LogP contribution in [0.3, 0.4) is 0 Å². The normalized spacial score (nSPS) is 12.6. The summed E-state index contributed by atoms with van der Waals surface area (Å²) < 4.78 is 0. The molecular formula is C28H34N2O26. The van der Waals surface area contributed by atoms with Gasteiger partial charge in [0, 0.05) is 13.1 Å². The molecule has 1 atom stereocenters. The third-order valence-electron chi connectivity index (χ3n) is 8.56. The van der Waals surface area contributed by atoms with Gasteiger partial charge in [-0.25, -0.2) is 0 Å². The highest BCUT2D eigenvalue weighted by Gasteiger charge is 2.80. The van der Waals surface area contributed by atoms with Gasteiger partial charge in [0.1, 0.15) is 22.3 Å². The summed E-state index contributed by atoms with van der Waals surface area (Å²) >= 11 is 0. The molecule has 0 aromatic heterocycles. The Labute approximate surface area is 309 Å². The quantitative estimate of drug-likeness (QED) is 0.0343. The molecule has 0 aliphatic carbocycles. The van der Waals surface area contributed by atoms with E-state index in [0.717, 1.165) is 0 Å². The minimum absolute atomic E-state index is 0.174. The molecule has 0 aromatic rings. The van der Waals surface area contributed by atoms with Crippen LogP contribution in [0.5, 0.6) is 0 Å². The first-order valence-corrected chi connectivity index (χ1v) is 14.8. The SMILES string of the molecule is O=C(O)CN(CCN(C(C(=O)O)C(CC(=O)O)(CC(=O)O)C(=O)O)C(C(=O)O)(C(CC(=O)O)(CC(=O)O)C(=O)O)C(CC(=O)O)(CC(=O)O)C(=O)O)CC(=O)O. The van der Waals surface area contributed by atoms with Crippen LogP contribution in [0.2, 0.25) is 0 Å². The van der Waals surface area contributed by atoms with Crippen LogP contribution in [-0.2, 0) is 62.3 Å². The number of carboxylic acid groups (broad SMARTS) is 13. The fraction of sp³-hybridized carbons (Fsp3) is 0.536. The zero-order chi connectivity index (χ0) is 44.3. The third-order valence-corrected chi connectivity index (χ3v) is 8.56. The zero-order valence-electron chi connectivity index (χ0n) is 28.2. The number of nitrogens with zero attached hydrogens (tertiary/aromatic N) is 2. The Hall–Kier alpha value is -6.97. The maximum atomic E-state index is 14.0. The van der Waals surface area contributed by atoms with Crippen molar-refractivity contribution < 1.29 is 129 Å². The molecule has 0 amide bonds. The van der Waals surface area contributed by atoms with Crippen molar-refractivity contribution in [3.63, 3.8) is 0 Å². The van der Waals surface area contributed by atoms with Crippen molar-refractivity contribution >= 4 is 77.6 Å². The van der Waals surface area contributed by atoms with Crippen molar-refractivity contribution in [1.82, 2.24) is 9.80 Å². The maximum absolute atomic E-state index is 14.0. The second-order valence-electron chi connectivity index (χ2n) is 12.1. The molecule has 0 radical (unpaired) electrons. The van der Waals surface area contributed by atoms with Gasteiger partial charge in [0.25, 0.3) is 0 Å².